The quantitative estimate of drug-likeness (QED) is 0.604. The second-order valence-corrected chi connectivity index (χ2v) is 9.95. The first-order valence-corrected chi connectivity index (χ1v) is 11.8. The summed E-state index contributed by atoms with van der Waals surface area (Å²) in [4.78, 5) is 16.3. The number of benzene rings is 1. The van der Waals surface area contributed by atoms with Crippen LogP contribution in [0.4, 0.5) is 9.18 Å². The van der Waals surface area contributed by atoms with Crippen molar-refractivity contribution in [1.29, 1.82) is 0 Å². The van der Waals surface area contributed by atoms with Crippen LogP contribution in [-0.4, -0.2) is 66.5 Å². The predicted octanol–water partition coefficient (Wildman–Crippen LogP) is 4.78. The zero-order valence-corrected chi connectivity index (χ0v) is 20.2. The standard InChI is InChI=1S/C26H35FN4O2/c1-26-16-19-17-28-31(23-11-9-22(27)10-12-23)24(19)15-20(26)7-5-8-21(26)18-33-25(32)30(4)14-6-13-29(2)3/h9-12,15,17,21H,5-8,13-14,16,18H2,1-4H3. The molecule has 1 fully saturated rings. The number of fused-ring (bicyclic) bond motifs is 2. The number of allylic oxidation sites excluding steroid dienone is 1. The van der Waals surface area contributed by atoms with Gasteiger partial charge in [0, 0.05) is 19.5 Å². The predicted molar refractivity (Wildman–Crippen MR) is 128 cm³/mol. The number of carbonyl (C=O) groups is 1. The first kappa shape index (κ1) is 23.5. The Morgan fingerprint density at radius 1 is 1.24 bits per heavy atom. The van der Waals surface area contributed by atoms with E-state index in [2.05, 4.69) is 23.0 Å². The highest BCUT2D eigenvalue weighted by atomic mass is 19.1. The summed E-state index contributed by atoms with van der Waals surface area (Å²) in [5, 5.41) is 4.60. The van der Waals surface area contributed by atoms with E-state index in [1.54, 1.807) is 17.0 Å². The molecule has 1 heterocycles. The molecule has 2 aliphatic carbocycles. The second kappa shape index (κ2) is 9.67. The summed E-state index contributed by atoms with van der Waals surface area (Å²) in [6, 6.07) is 6.44. The van der Waals surface area contributed by atoms with E-state index in [9.17, 15) is 9.18 Å². The van der Waals surface area contributed by atoms with Gasteiger partial charge in [0.15, 0.2) is 0 Å². The Kier molecular flexibility index (Phi) is 6.88. The largest absolute Gasteiger partial charge is 0.449 e. The number of hydrogen-bond acceptors (Lipinski definition) is 4. The van der Waals surface area contributed by atoms with Crippen LogP contribution < -0.4 is 0 Å². The van der Waals surface area contributed by atoms with E-state index in [0.717, 1.165) is 50.0 Å². The smallest absolute Gasteiger partial charge is 0.409 e. The van der Waals surface area contributed by atoms with Crippen molar-refractivity contribution in [2.75, 3.05) is 40.8 Å². The topological polar surface area (TPSA) is 50.6 Å². The number of hydrogen-bond donors (Lipinski definition) is 0. The summed E-state index contributed by atoms with van der Waals surface area (Å²) < 4.78 is 21.0. The highest BCUT2D eigenvalue weighted by Crippen LogP contribution is 2.51. The van der Waals surface area contributed by atoms with E-state index in [0.29, 0.717) is 13.2 Å². The number of nitrogens with zero attached hydrogens (tertiary/aromatic N) is 4. The number of aromatic nitrogens is 2. The van der Waals surface area contributed by atoms with Gasteiger partial charge in [-0.05, 0) is 94.1 Å². The zero-order chi connectivity index (χ0) is 23.6. The van der Waals surface area contributed by atoms with Gasteiger partial charge in [-0.15, -0.1) is 0 Å². The lowest BCUT2D eigenvalue weighted by molar-refractivity contribution is 0.0541. The van der Waals surface area contributed by atoms with E-state index in [-0.39, 0.29) is 23.2 Å². The van der Waals surface area contributed by atoms with Gasteiger partial charge in [0.05, 0.1) is 24.2 Å². The number of rotatable bonds is 7. The molecule has 178 valence electrons. The van der Waals surface area contributed by atoms with E-state index >= 15 is 0 Å². The number of amides is 1. The molecule has 1 amide bonds. The lowest BCUT2D eigenvalue weighted by atomic mass is 9.60. The molecule has 0 spiro atoms. The molecular formula is C26H35FN4O2. The fraction of sp³-hybridized carbons (Fsp3) is 0.538. The molecule has 0 saturated heterocycles. The van der Waals surface area contributed by atoms with Crippen molar-refractivity contribution < 1.29 is 13.9 Å². The summed E-state index contributed by atoms with van der Waals surface area (Å²) in [6.07, 6.45) is 8.91. The molecule has 33 heavy (non-hydrogen) atoms. The van der Waals surface area contributed by atoms with E-state index < -0.39 is 0 Å². The summed E-state index contributed by atoms with van der Waals surface area (Å²) in [5.74, 6) is 0.0256. The molecule has 4 rings (SSSR count). The van der Waals surface area contributed by atoms with Crippen molar-refractivity contribution in [2.45, 2.75) is 39.0 Å². The van der Waals surface area contributed by atoms with Crippen LogP contribution in [0.3, 0.4) is 0 Å². The first-order chi connectivity index (χ1) is 15.8. The summed E-state index contributed by atoms with van der Waals surface area (Å²) >= 11 is 0. The van der Waals surface area contributed by atoms with Crippen LogP contribution in [0.1, 0.15) is 43.9 Å². The van der Waals surface area contributed by atoms with Gasteiger partial charge in [-0.25, -0.2) is 13.9 Å². The SMILES string of the molecule is CN(C)CCCN(C)C(=O)OCC1CCCC2=Cc3c(cnn3-c3ccc(F)cc3)CC21C. The van der Waals surface area contributed by atoms with Crippen LogP contribution >= 0.6 is 0 Å². The Hall–Kier alpha value is -2.67. The molecule has 0 radical (unpaired) electrons. The molecule has 1 aromatic heterocycles. The molecule has 2 aliphatic rings. The van der Waals surface area contributed by atoms with Gasteiger partial charge in [-0.1, -0.05) is 12.5 Å². The maximum absolute atomic E-state index is 13.4. The Labute approximate surface area is 196 Å². The molecular weight excluding hydrogens is 419 g/mol. The fourth-order valence-electron chi connectivity index (χ4n) is 5.20. The molecule has 6 nitrogen and oxygen atoms in total. The van der Waals surface area contributed by atoms with E-state index in [1.165, 1.54) is 23.3 Å². The number of halogens is 1. The monoisotopic (exact) mass is 454 g/mol. The minimum Gasteiger partial charge on any atom is -0.449 e. The fourth-order valence-corrected chi connectivity index (χ4v) is 5.20. The molecule has 1 aromatic carbocycles. The van der Waals surface area contributed by atoms with Crippen molar-refractivity contribution >= 4 is 12.2 Å². The lowest BCUT2D eigenvalue weighted by Gasteiger charge is -2.45. The minimum absolute atomic E-state index is 0.0499. The highest BCUT2D eigenvalue weighted by Gasteiger charge is 2.44. The molecule has 2 unspecified atom stereocenters. The van der Waals surface area contributed by atoms with Gasteiger partial charge in [0.1, 0.15) is 5.82 Å². The van der Waals surface area contributed by atoms with Gasteiger partial charge in [0.2, 0.25) is 0 Å². The zero-order valence-electron chi connectivity index (χ0n) is 20.2. The van der Waals surface area contributed by atoms with Crippen LogP contribution in [0.5, 0.6) is 0 Å². The van der Waals surface area contributed by atoms with Gasteiger partial charge in [-0.3, -0.25) is 0 Å². The van der Waals surface area contributed by atoms with Crippen molar-refractivity contribution in [2.24, 2.45) is 11.3 Å². The first-order valence-electron chi connectivity index (χ1n) is 11.8. The average molecular weight is 455 g/mol. The molecule has 2 aromatic rings. The maximum Gasteiger partial charge on any atom is 0.409 e. The third-order valence-corrected chi connectivity index (χ3v) is 7.28. The number of carbonyl (C=O) groups excluding carboxylic acids is 1. The second-order valence-electron chi connectivity index (χ2n) is 9.95. The minimum atomic E-state index is -0.251. The number of ether oxygens (including phenoxy) is 1. The molecule has 0 N–H and O–H groups in total. The van der Waals surface area contributed by atoms with E-state index in [4.69, 9.17) is 4.74 Å². The Morgan fingerprint density at radius 3 is 2.73 bits per heavy atom. The van der Waals surface area contributed by atoms with Gasteiger partial charge >= 0.3 is 6.09 Å². The van der Waals surface area contributed by atoms with Gasteiger partial charge < -0.3 is 14.5 Å². The molecule has 1 saturated carbocycles. The molecule has 2 atom stereocenters. The van der Waals surface area contributed by atoms with E-state index in [1.807, 2.05) is 32.0 Å². The highest BCUT2D eigenvalue weighted by molar-refractivity contribution is 5.67. The van der Waals surface area contributed by atoms with Crippen LogP contribution in [0.25, 0.3) is 11.8 Å². The third kappa shape index (κ3) is 4.98. The van der Waals surface area contributed by atoms with Crippen LogP contribution in [0.2, 0.25) is 0 Å². The molecule has 7 heteroatoms. The maximum atomic E-state index is 13.4. The van der Waals surface area contributed by atoms with Crippen molar-refractivity contribution in [1.82, 2.24) is 19.6 Å². The molecule has 0 bridgehead atoms. The van der Waals surface area contributed by atoms with Crippen molar-refractivity contribution in [3.8, 4) is 5.69 Å². The third-order valence-electron chi connectivity index (χ3n) is 7.28. The van der Waals surface area contributed by atoms with Crippen molar-refractivity contribution in [3.05, 3.63) is 53.1 Å². The Balaban J connectivity index is 1.45. The van der Waals surface area contributed by atoms with Crippen LogP contribution in [0, 0.1) is 17.2 Å². The lowest BCUT2D eigenvalue weighted by Crippen LogP contribution is -2.41. The Morgan fingerprint density at radius 2 is 2.00 bits per heavy atom. The average Bonchev–Trinajstić information content (AvgIpc) is 3.18. The Bertz CT molecular complexity index is 1010. The van der Waals surface area contributed by atoms with Crippen LogP contribution in [0.15, 0.2) is 36.0 Å². The van der Waals surface area contributed by atoms with Gasteiger partial charge in [-0.2, -0.15) is 5.10 Å². The summed E-state index contributed by atoms with van der Waals surface area (Å²) in [6.45, 7) is 4.37. The summed E-state index contributed by atoms with van der Waals surface area (Å²) in [5.41, 5.74) is 4.46. The van der Waals surface area contributed by atoms with Crippen LogP contribution in [-0.2, 0) is 11.2 Å². The molecule has 0 aliphatic heterocycles. The van der Waals surface area contributed by atoms with Crippen molar-refractivity contribution in [3.63, 3.8) is 0 Å². The van der Waals surface area contributed by atoms with Gasteiger partial charge in [0.25, 0.3) is 0 Å². The normalized spacial score (nSPS) is 21.9. The summed E-state index contributed by atoms with van der Waals surface area (Å²) in [7, 11) is 5.88.